The van der Waals surface area contributed by atoms with Crippen LogP contribution in [-0.2, 0) is 5.88 Å². The van der Waals surface area contributed by atoms with E-state index in [9.17, 15) is 9.18 Å². The molecule has 0 spiro atoms. The van der Waals surface area contributed by atoms with Crippen LogP contribution in [0.5, 0.6) is 0 Å². The summed E-state index contributed by atoms with van der Waals surface area (Å²) in [6.45, 7) is 1.73. The van der Waals surface area contributed by atoms with Crippen molar-refractivity contribution >= 4 is 23.2 Å². The Labute approximate surface area is 109 Å². The molecule has 2 aromatic rings. The third-order valence-corrected chi connectivity index (χ3v) is 2.76. The molecular weight excluding hydrogens is 257 g/mol. The van der Waals surface area contributed by atoms with Gasteiger partial charge in [0.25, 0.3) is 5.91 Å². The van der Waals surface area contributed by atoms with E-state index in [0.717, 1.165) is 5.56 Å². The van der Waals surface area contributed by atoms with Gasteiger partial charge in [-0.25, -0.2) is 4.39 Å². The molecule has 5 heteroatoms. The number of aryl methyl sites for hydroxylation is 1. The predicted octanol–water partition coefficient (Wildman–Crippen LogP) is 3.72. The van der Waals surface area contributed by atoms with Crippen molar-refractivity contribution in [2.24, 2.45) is 0 Å². The van der Waals surface area contributed by atoms with Crippen LogP contribution in [0.4, 0.5) is 10.1 Å². The van der Waals surface area contributed by atoms with Crippen LogP contribution in [0.2, 0.25) is 0 Å². The largest absolute Gasteiger partial charge is 0.456 e. The number of benzene rings is 1. The van der Waals surface area contributed by atoms with E-state index in [0.29, 0.717) is 11.4 Å². The summed E-state index contributed by atoms with van der Waals surface area (Å²) >= 11 is 5.69. The first-order chi connectivity index (χ1) is 8.60. The SMILES string of the molecule is Cc1oc(C(=O)Nc2cccc(F)c2)cc1CCl. The first-order valence-corrected chi connectivity index (χ1v) is 5.86. The highest BCUT2D eigenvalue weighted by Crippen LogP contribution is 2.18. The van der Waals surface area contributed by atoms with E-state index < -0.39 is 11.7 Å². The normalized spacial score (nSPS) is 10.4. The molecule has 0 aliphatic rings. The average Bonchev–Trinajstić information content (AvgIpc) is 2.70. The van der Waals surface area contributed by atoms with E-state index in [2.05, 4.69) is 5.32 Å². The lowest BCUT2D eigenvalue weighted by molar-refractivity contribution is 0.0995. The van der Waals surface area contributed by atoms with Crippen molar-refractivity contribution in [3.05, 3.63) is 53.2 Å². The maximum absolute atomic E-state index is 13.0. The number of carbonyl (C=O) groups is 1. The van der Waals surface area contributed by atoms with Gasteiger partial charge in [0.05, 0.1) is 5.88 Å². The Hall–Kier alpha value is -1.81. The summed E-state index contributed by atoms with van der Waals surface area (Å²) in [4.78, 5) is 11.8. The quantitative estimate of drug-likeness (QED) is 0.861. The van der Waals surface area contributed by atoms with Crippen molar-refractivity contribution in [2.75, 3.05) is 5.32 Å². The van der Waals surface area contributed by atoms with Gasteiger partial charge in [-0.15, -0.1) is 11.6 Å². The van der Waals surface area contributed by atoms with Gasteiger partial charge in [0, 0.05) is 11.3 Å². The summed E-state index contributed by atoms with van der Waals surface area (Å²) in [7, 11) is 0. The number of hydrogen-bond acceptors (Lipinski definition) is 2. The molecule has 1 amide bonds. The van der Waals surface area contributed by atoms with Gasteiger partial charge in [-0.3, -0.25) is 4.79 Å². The second-order valence-corrected chi connectivity index (χ2v) is 4.06. The van der Waals surface area contributed by atoms with Gasteiger partial charge in [0.1, 0.15) is 11.6 Å². The Morgan fingerprint density at radius 3 is 2.83 bits per heavy atom. The van der Waals surface area contributed by atoms with Gasteiger partial charge in [-0.2, -0.15) is 0 Å². The minimum atomic E-state index is -0.430. The van der Waals surface area contributed by atoms with Crippen molar-refractivity contribution in [3.63, 3.8) is 0 Å². The van der Waals surface area contributed by atoms with Crippen LogP contribution in [0.25, 0.3) is 0 Å². The Morgan fingerprint density at radius 1 is 1.44 bits per heavy atom. The first kappa shape index (κ1) is 12.6. The molecular formula is C13H11ClFNO2. The van der Waals surface area contributed by atoms with E-state index in [-0.39, 0.29) is 11.6 Å². The number of halogens is 2. The maximum Gasteiger partial charge on any atom is 0.291 e. The maximum atomic E-state index is 13.0. The molecule has 1 heterocycles. The molecule has 0 unspecified atom stereocenters. The highest BCUT2D eigenvalue weighted by atomic mass is 35.5. The zero-order valence-corrected chi connectivity index (χ0v) is 10.4. The lowest BCUT2D eigenvalue weighted by Crippen LogP contribution is -2.10. The third-order valence-electron chi connectivity index (χ3n) is 2.47. The summed E-state index contributed by atoms with van der Waals surface area (Å²) in [6, 6.07) is 7.23. The van der Waals surface area contributed by atoms with E-state index in [4.69, 9.17) is 16.0 Å². The summed E-state index contributed by atoms with van der Waals surface area (Å²) in [5.41, 5.74) is 1.14. The molecule has 0 radical (unpaired) electrons. The summed E-state index contributed by atoms with van der Waals surface area (Å²) < 4.78 is 18.2. The number of rotatable bonds is 3. The van der Waals surface area contributed by atoms with Crippen LogP contribution in [0.1, 0.15) is 21.9 Å². The fraction of sp³-hybridized carbons (Fsp3) is 0.154. The topological polar surface area (TPSA) is 42.2 Å². The monoisotopic (exact) mass is 267 g/mol. The first-order valence-electron chi connectivity index (χ1n) is 5.32. The van der Waals surface area contributed by atoms with E-state index in [1.807, 2.05) is 0 Å². The van der Waals surface area contributed by atoms with Crippen LogP contribution in [0.15, 0.2) is 34.7 Å². The highest BCUT2D eigenvalue weighted by Gasteiger charge is 2.14. The zero-order chi connectivity index (χ0) is 13.1. The summed E-state index contributed by atoms with van der Waals surface area (Å²) in [5, 5.41) is 2.55. The molecule has 0 fully saturated rings. The Balaban J connectivity index is 2.16. The molecule has 0 atom stereocenters. The van der Waals surface area contributed by atoms with Crippen molar-refractivity contribution < 1.29 is 13.6 Å². The van der Waals surface area contributed by atoms with Crippen LogP contribution in [0.3, 0.4) is 0 Å². The van der Waals surface area contributed by atoms with Crippen molar-refractivity contribution in [1.29, 1.82) is 0 Å². The van der Waals surface area contributed by atoms with Crippen molar-refractivity contribution in [1.82, 2.24) is 0 Å². The van der Waals surface area contributed by atoms with Gasteiger partial charge in [-0.1, -0.05) is 6.07 Å². The number of alkyl halides is 1. The third kappa shape index (κ3) is 2.71. The van der Waals surface area contributed by atoms with Gasteiger partial charge >= 0.3 is 0 Å². The number of nitrogens with one attached hydrogen (secondary N) is 1. The van der Waals surface area contributed by atoms with Crippen molar-refractivity contribution in [3.8, 4) is 0 Å². The molecule has 0 aliphatic carbocycles. The molecule has 18 heavy (non-hydrogen) atoms. The van der Waals surface area contributed by atoms with Crippen LogP contribution >= 0.6 is 11.6 Å². The molecule has 3 nitrogen and oxygen atoms in total. The summed E-state index contributed by atoms with van der Waals surface area (Å²) in [6.07, 6.45) is 0. The fourth-order valence-corrected chi connectivity index (χ4v) is 1.79. The van der Waals surface area contributed by atoms with E-state index in [1.54, 1.807) is 19.1 Å². The second-order valence-electron chi connectivity index (χ2n) is 3.79. The minimum Gasteiger partial charge on any atom is -0.456 e. The molecule has 0 saturated carbocycles. The van der Waals surface area contributed by atoms with Gasteiger partial charge in [0.15, 0.2) is 5.76 Å². The lowest BCUT2D eigenvalue weighted by Gasteiger charge is -2.02. The van der Waals surface area contributed by atoms with Crippen LogP contribution in [0, 0.1) is 12.7 Å². The van der Waals surface area contributed by atoms with Gasteiger partial charge < -0.3 is 9.73 Å². The van der Waals surface area contributed by atoms with Crippen LogP contribution in [-0.4, -0.2) is 5.91 Å². The molecule has 1 aromatic heterocycles. The second kappa shape index (κ2) is 5.23. The molecule has 1 aromatic carbocycles. The molecule has 1 N–H and O–H groups in total. The number of hydrogen-bond donors (Lipinski definition) is 1. The molecule has 0 aliphatic heterocycles. The fourth-order valence-electron chi connectivity index (χ4n) is 1.52. The minimum absolute atomic E-state index is 0.160. The Morgan fingerprint density at radius 2 is 2.22 bits per heavy atom. The number of anilines is 1. The predicted molar refractivity (Wildman–Crippen MR) is 67.4 cm³/mol. The van der Waals surface area contributed by atoms with E-state index >= 15 is 0 Å². The average molecular weight is 268 g/mol. The molecule has 2 rings (SSSR count). The molecule has 0 bridgehead atoms. The summed E-state index contributed by atoms with van der Waals surface area (Å²) in [5.74, 6) is 0.203. The number of carbonyl (C=O) groups excluding carboxylic acids is 1. The standard InChI is InChI=1S/C13H11ClFNO2/c1-8-9(7-14)5-12(18-8)13(17)16-11-4-2-3-10(15)6-11/h2-6H,7H2,1H3,(H,16,17). The smallest absolute Gasteiger partial charge is 0.291 e. The number of amides is 1. The van der Waals surface area contributed by atoms with E-state index in [1.165, 1.54) is 18.2 Å². The van der Waals surface area contributed by atoms with Gasteiger partial charge in [0.2, 0.25) is 0 Å². The van der Waals surface area contributed by atoms with Crippen LogP contribution < -0.4 is 5.32 Å². The molecule has 94 valence electrons. The van der Waals surface area contributed by atoms with Crippen molar-refractivity contribution in [2.45, 2.75) is 12.8 Å². The number of furan rings is 1. The Bertz CT molecular complexity index is 580. The lowest BCUT2D eigenvalue weighted by atomic mass is 10.2. The van der Waals surface area contributed by atoms with Gasteiger partial charge in [-0.05, 0) is 31.2 Å². The highest BCUT2D eigenvalue weighted by molar-refractivity contribution is 6.17. The molecule has 0 saturated heterocycles. The zero-order valence-electron chi connectivity index (χ0n) is 9.67. The Kier molecular flexibility index (Phi) is 3.67.